The fourth-order valence-corrected chi connectivity index (χ4v) is 3.81. The standard InChI is InChI=1S/C16H33N3O3S.HI/c1-6-16(7-2)13(12-14(16)22-9-4)19-15(17-8-3)18-10-11-23(5,20)21;/h13-14H,6-12H2,1-5H3,(H2,17,18,19);1H. The number of rotatable bonds is 9. The lowest BCUT2D eigenvalue weighted by atomic mass is 9.58. The van der Waals surface area contributed by atoms with Crippen LogP contribution < -0.4 is 10.6 Å². The van der Waals surface area contributed by atoms with Gasteiger partial charge in [0.25, 0.3) is 0 Å². The van der Waals surface area contributed by atoms with Gasteiger partial charge < -0.3 is 15.4 Å². The molecule has 0 aromatic carbocycles. The van der Waals surface area contributed by atoms with Crippen LogP contribution in [0.4, 0.5) is 0 Å². The lowest BCUT2D eigenvalue weighted by Crippen LogP contribution is -2.65. The summed E-state index contributed by atoms with van der Waals surface area (Å²) in [6, 6.07) is 0.310. The summed E-state index contributed by atoms with van der Waals surface area (Å²) < 4.78 is 28.4. The van der Waals surface area contributed by atoms with Gasteiger partial charge in [-0.2, -0.15) is 0 Å². The van der Waals surface area contributed by atoms with Crippen LogP contribution >= 0.6 is 24.0 Å². The number of guanidine groups is 1. The molecule has 0 heterocycles. The molecule has 1 aliphatic rings. The molecule has 144 valence electrons. The first-order valence-corrected chi connectivity index (χ1v) is 10.7. The van der Waals surface area contributed by atoms with Gasteiger partial charge in [-0.3, -0.25) is 4.99 Å². The molecule has 0 radical (unpaired) electrons. The summed E-state index contributed by atoms with van der Waals surface area (Å²) in [6.07, 6.45) is 4.59. The van der Waals surface area contributed by atoms with Crippen molar-refractivity contribution in [2.45, 2.75) is 59.1 Å². The number of hydrogen-bond acceptors (Lipinski definition) is 4. The van der Waals surface area contributed by atoms with Crippen LogP contribution in [0.5, 0.6) is 0 Å². The van der Waals surface area contributed by atoms with Crippen LogP contribution in [0.15, 0.2) is 4.99 Å². The average molecular weight is 475 g/mol. The molecule has 6 nitrogen and oxygen atoms in total. The van der Waals surface area contributed by atoms with Crippen LogP contribution in [-0.2, 0) is 14.6 Å². The number of halogens is 1. The molecule has 1 rings (SSSR count). The van der Waals surface area contributed by atoms with E-state index in [0.717, 1.165) is 32.4 Å². The van der Waals surface area contributed by atoms with E-state index in [4.69, 9.17) is 4.74 Å². The van der Waals surface area contributed by atoms with Crippen LogP contribution in [0.2, 0.25) is 0 Å². The molecule has 1 fully saturated rings. The Morgan fingerprint density at radius 2 is 1.88 bits per heavy atom. The molecular formula is C16H34IN3O3S. The van der Waals surface area contributed by atoms with Gasteiger partial charge in [0.2, 0.25) is 0 Å². The fraction of sp³-hybridized carbons (Fsp3) is 0.938. The minimum Gasteiger partial charge on any atom is -0.378 e. The van der Waals surface area contributed by atoms with Crippen LogP contribution in [0.25, 0.3) is 0 Å². The molecule has 0 aromatic heterocycles. The number of aliphatic imine (C=N–C) groups is 1. The molecule has 0 amide bonds. The quantitative estimate of drug-likeness (QED) is 0.304. The molecule has 1 aliphatic carbocycles. The Hall–Kier alpha value is -0.0900. The predicted molar refractivity (Wildman–Crippen MR) is 111 cm³/mol. The lowest BCUT2D eigenvalue weighted by molar-refractivity contribution is -0.133. The fourth-order valence-electron chi connectivity index (χ4n) is 3.39. The average Bonchev–Trinajstić information content (AvgIpc) is 2.46. The predicted octanol–water partition coefficient (Wildman–Crippen LogP) is 2.19. The maximum atomic E-state index is 11.2. The number of sulfone groups is 1. The third-order valence-corrected chi connectivity index (χ3v) is 5.78. The van der Waals surface area contributed by atoms with Gasteiger partial charge in [0, 0.05) is 30.9 Å². The topological polar surface area (TPSA) is 79.8 Å². The van der Waals surface area contributed by atoms with E-state index in [0.29, 0.717) is 18.1 Å². The van der Waals surface area contributed by atoms with Crippen molar-refractivity contribution in [2.24, 2.45) is 10.4 Å². The summed E-state index contributed by atoms with van der Waals surface area (Å²) in [4.78, 5) is 4.40. The first kappa shape index (κ1) is 23.9. The Morgan fingerprint density at radius 3 is 2.33 bits per heavy atom. The van der Waals surface area contributed by atoms with E-state index in [1.54, 1.807) is 0 Å². The second-order valence-electron chi connectivity index (χ2n) is 6.21. The zero-order chi connectivity index (χ0) is 17.5. The van der Waals surface area contributed by atoms with Gasteiger partial charge in [-0.1, -0.05) is 13.8 Å². The Morgan fingerprint density at radius 1 is 1.25 bits per heavy atom. The highest BCUT2D eigenvalue weighted by molar-refractivity contribution is 14.0. The third kappa shape index (κ3) is 6.33. The summed E-state index contributed by atoms with van der Waals surface area (Å²) in [5.41, 5.74) is 0.128. The van der Waals surface area contributed by atoms with Gasteiger partial charge in [0.05, 0.1) is 18.4 Å². The molecule has 0 aliphatic heterocycles. The van der Waals surface area contributed by atoms with Crippen LogP contribution in [0.3, 0.4) is 0 Å². The molecule has 0 saturated heterocycles. The van der Waals surface area contributed by atoms with E-state index in [-0.39, 0.29) is 41.7 Å². The highest BCUT2D eigenvalue weighted by Crippen LogP contribution is 2.48. The SMILES string of the molecule is CCNC(=NCCS(C)(=O)=O)NC1CC(OCC)C1(CC)CC.I. The van der Waals surface area contributed by atoms with E-state index >= 15 is 0 Å². The Bertz CT molecular complexity index is 493. The van der Waals surface area contributed by atoms with Crippen molar-refractivity contribution < 1.29 is 13.2 Å². The summed E-state index contributed by atoms with van der Waals surface area (Å²) >= 11 is 0. The summed E-state index contributed by atoms with van der Waals surface area (Å²) in [5, 5.41) is 6.69. The molecule has 2 unspecified atom stereocenters. The van der Waals surface area contributed by atoms with E-state index in [2.05, 4.69) is 29.5 Å². The molecule has 0 bridgehead atoms. The minimum atomic E-state index is -2.99. The van der Waals surface area contributed by atoms with Crippen molar-refractivity contribution in [3.8, 4) is 0 Å². The summed E-state index contributed by atoms with van der Waals surface area (Å²) in [6.45, 7) is 10.2. The van der Waals surface area contributed by atoms with Crippen molar-refractivity contribution in [1.82, 2.24) is 10.6 Å². The Kier molecular flexibility index (Phi) is 10.8. The molecule has 24 heavy (non-hydrogen) atoms. The first-order valence-electron chi connectivity index (χ1n) is 8.67. The molecule has 0 spiro atoms. The zero-order valence-electron chi connectivity index (χ0n) is 15.6. The number of nitrogens with one attached hydrogen (secondary N) is 2. The molecule has 1 saturated carbocycles. The number of nitrogens with zero attached hydrogens (tertiary/aromatic N) is 1. The van der Waals surface area contributed by atoms with Crippen molar-refractivity contribution >= 4 is 39.8 Å². The van der Waals surface area contributed by atoms with Gasteiger partial charge in [0.15, 0.2) is 5.96 Å². The van der Waals surface area contributed by atoms with Gasteiger partial charge in [0.1, 0.15) is 9.84 Å². The smallest absolute Gasteiger partial charge is 0.191 e. The molecular weight excluding hydrogens is 441 g/mol. The first-order chi connectivity index (χ1) is 10.8. The van der Waals surface area contributed by atoms with Crippen molar-refractivity contribution in [2.75, 3.05) is 31.7 Å². The van der Waals surface area contributed by atoms with Crippen molar-refractivity contribution in [3.63, 3.8) is 0 Å². The van der Waals surface area contributed by atoms with Crippen LogP contribution in [0, 0.1) is 5.41 Å². The van der Waals surface area contributed by atoms with Gasteiger partial charge in [-0.25, -0.2) is 8.42 Å². The zero-order valence-corrected chi connectivity index (χ0v) is 18.7. The van der Waals surface area contributed by atoms with Gasteiger partial charge in [-0.05, 0) is 33.1 Å². The molecule has 2 atom stereocenters. The van der Waals surface area contributed by atoms with Crippen molar-refractivity contribution in [1.29, 1.82) is 0 Å². The summed E-state index contributed by atoms with van der Waals surface area (Å²) in [5.74, 6) is 0.769. The van der Waals surface area contributed by atoms with Crippen LogP contribution in [0.1, 0.15) is 47.0 Å². The minimum absolute atomic E-state index is 0. The van der Waals surface area contributed by atoms with Gasteiger partial charge in [-0.15, -0.1) is 24.0 Å². The second-order valence-corrected chi connectivity index (χ2v) is 8.47. The molecule has 8 heteroatoms. The summed E-state index contributed by atoms with van der Waals surface area (Å²) in [7, 11) is -2.99. The maximum Gasteiger partial charge on any atom is 0.191 e. The molecule has 0 aromatic rings. The largest absolute Gasteiger partial charge is 0.378 e. The number of ether oxygens (including phenoxy) is 1. The maximum absolute atomic E-state index is 11.2. The number of hydrogen-bond donors (Lipinski definition) is 2. The van der Waals surface area contributed by atoms with E-state index in [9.17, 15) is 8.42 Å². The normalized spacial score (nSPS) is 23.1. The van der Waals surface area contributed by atoms with E-state index < -0.39 is 9.84 Å². The highest BCUT2D eigenvalue weighted by Gasteiger charge is 2.53. The molecule has 2 N–H and O–H groups in total. The highest BCUT2D eigenvalue weighted by atomic mass is 127. The second kappa shape index (κ2) is 10.8. The lowest BCUT2D eigenvalue weighted by Gasteiger charge is -2.55. The third-order valence-electron chi connectivity index (χ3n) is 4.86. The Labute approximate surface area is 164 Å². The van der Waals surface area contributed by atoms with E-state index in [1.165, 1.54) is 6.26 Å². The van der Waals surface area contributed by atoms with Gasteiger partial charge >= 0.3 is 0 Å². The van der Waals surface area contributed by atoms with Crippen LogP contribution in [-0.4, -0.2) is 58.2 Å². The van der Waals surface area contributed by atoms with E-state index in [1.807, 2.05) is 13.8 Å². The Balaban J connectivity index is 0.00000529. The monoisotopic (exact) mass is 475 g/mol. The van der Waals surface area contributed by atoms with Crippen molar-refractivity contribution in [3.05, 3.63) is 0 Å².